The lowest BCUT2D eigenvalue weighted by Gasteiger charge is -2.18. The van der Waals surface area contributed by atoms with Gasteiger partial charge in [-0.3, -0.25) is 18.9 Å². The normalized spacial score (nSPS) is 26.9. The molecule has 1 aromatic heterocycles. The molecule has 0 spiro atoms. The third-order valence-corrected chi connectivity index (χ3v) is 4.41. The van der Waals surface area contributed by atoms with Crippen LogP contribution in [0.4, 0.5) is 0 Å². The van der Waals surface area contributed by atoms with E-state index in [1.807, 2.05) is 4.98 Å². The molecule has 0 saturated carbocycles. The van der Waals surface area contributed by atoms with Gasteiger partial charge in [0.25, 0.3) is 15.7 Å². The summed E-state index contributed by atoms with van der Waals surface area (Å²) in [6.45, 7) is -0.831. The summed E-state index contributed by atoms with van der Waals surface area (Å²) in [5, 5.41) is 31.4. The van der Waals surface area contributed by atoms with Crippen LogP contribution in [0.1, 0.15) is 11.8 Å². The van der Waals surface area contributed by atoms with Crippen LogP contribution in [0.3, 0.4) is 0 Å². The number of nitrogens with zero attached hydrogens (tertiary/aromatic N) is 1. The van der Waals surface area contributed by atoms with E-state index in [0.717, 1.165) is 10.8 Å². The van der Waals surface area contributed by atoms with Gasteiger partial charge in [-0.1, -0.05) is 0 Å². The van der Waals surface area contributed by atoms with Crippen molar-refractivity contribution in [3.05, 3.63) is 32.6 Å². The maximum Gasteiger partial charge on any atom is 0.330 e. The average Bonchev–Trinajstić information content (AvgIpc) is 2.80. The summed E-state index contributed by atoms with van der Waals surface area (Å²) in [6, 6.07) is 0. The Morgan fingerprint density at radius 1 is 1.28 bits per heavy atom. The minimum Gasteiger partial charge on any atom is -0.394 e. The minimum absolute atomic E-state index is 0.0349. The Hall–Kier alpha value is -1.61. The number of hydrogen-bond donors (Lipinski definition) is 6. The fourth-order valence-electron chi connectivity index (χ4n) is 2.38. The number of H-pyrrole nitrogens is 1. The van der Waals surface area contributed by atoms with Crippen LogP contribution in [-0.4, -0.2) is 75.1 Å². The number of hydrogen-bond acceptors (Lipinski definition) is 9. The second kappa shape index (κ2) is 7.74. The first-order chi connectivity index (χ1) is 11.6. The van der Waals surface area contributed by atoms with Gasteiger partial charge in [-0.25, -0.2) is 4.79 Å². The molecule has 13 heteroatoms. The highest BCUT2D eigenvalue weighted by Crippen LogP contribution is 2.27. The molecule has 2 heterocycles. The first-order valence-corrected chi connectivity index (χ1v) is 8.87. The predicted octanol–water partition coefficient (Wildman–Crippen LogP) is -3.87. The molecule has 0 bridgehead atoms. The fraction of sp³-hybridized carbons (Fsp3) is 0.667. The number of aromatic amines is 1. The van der Waals surface area contributed by atoms with Crippen LogP contribution in [0, 0.1) is 0 Å². The van der Waals surface area contributed by atoms with Crippen molar-refractivity contribution in [2.45, 2.75) is 31.1 Å². The summed E-state index contributed by atoms with van der Waals surface area (Å²) in [6.07, 6.45) is -4.21. The van der Waals surface area contributed by atoms with Crippen LogP contribution >= 0.6 is 0 Å². The molecular weight excluding hydrogens is 362 g/mol. The maximum absolute atomic E-state index is 11.9. The van der Waals surface area contributed by atoms with Gasteiger partial charge in [0.2, 0.25) is 0 Å². The second-order valence-electron chi connectivity index (χ2n) is 5.51. The highest BCUT2D eigenvalue weighted by molar-refractivity contribution is 7.85. The van der Waals surface area contributed by atoms with Gasteiger partial charge in [0.05, 0.1) is 12.4 Å². The van der Waals surface area contributed by atoms with Gasteiger partial charge in [0.15, 0.2) is 6.23 Å². The van der Waals surface area contributed by atoms with Crippen molar-refractivity contribution in [1.29, 1.82) is 0 Å². The molecule has 0 amide bonds. The number of aliphatic hydroxyl groups excluding tert-OH is 3. The smallest absolute Gasteiger partial charge is 0.330 e. The van der Waals surface area contributed by atoms with Gasteiger partial charge in [0.1, 0.15) is 18.3 Å². The van der Waals surface area contributed by atoms with E-state index in [-0.39, 0.29) is 18.7 Å². The monoisotopic (exact) mass is 381 g/mol. The SMILES string of the molecule is O=c1[nH]c(=O)n([C@@H]2O[C@H](CO)C(O)[C@@H]2O)cc1CNCCS(=O)(=O)O. The standard InChI is InChI=1S/C12H19N3O9S/c16-5-7-8(17)9(18)11(24-7)15-4-6(10(19)14-12(15)20)3-13-1-2-25(21,22)23/h4,7-9,11,13,16-18H,1-3,5H2,(H,14,19,20)(H,21,22,23)/t7-,8?,9+,11-/m1/s1. The van der Waals surface area contributed by atoms with Gasteiger partial charge in [-0.05, 0) is 0 Å². The van der Waals surface area contributed by atoms with Gasteiger partial charge in [-0.15, -0.1) is 0 Å². The number of nitrogens with one attached hydrogen (secondary N) is 2. The molecule has 12 nitrogen and oxygen atoms in total. The molecule has 1 fully saturated rings. The molecule has 0 aliphatic carbocycles. The molecule has 25 heavy (non-hydrogen) atoms. The van der Waals surface area contributed by atoms with Gasteiger partial charge >= 0.3 is 5.69 Å². The van der Waals surface area contributed by atoms with Crippen molar-refractivity contribution < 1.29 is 33.0 Å². The first kappa shape index (κ1) is 19.7. The summed E-state index contributed by atoms with van der Waals surface area (Å²) >= 11 is 0. The number of ether oxygens (including phenoxy) is 1. The van der Waals surface area contributed by atoms with E-state index in [9.17, 15) is 28.2 Å². The third kappa shape index (κ3) is 4.72. The predicted molar refractivity (Wildman–Crippen MR) is 82.5 cm³/mol. The Morgan fingerprint density at radius 3 is 2.52 bits per heavy atom. The quantitative estimate of drug-likeness (QED) is 0.201. The van der Waals surface area contributed by atoms with Crippen LogP contribution in [0.15, 0.2) is 15.8 Å². The van der Waals surface area contributed by atoms with Gasteiger partial charge in [-0.2, -0.15) is 8.42 Å². The Labute approximate surface area is 141 Å². The van der Waals surface area contributed by atoms with Crippen LogP contribution in [0.5, 0.6) is 0 Å². The molecule has 0 aromatic carbocycles. The minimum atomic E-state index is -4.15. The molecule has 0 radical (unpaired) electrons. The van der Waals surface area contributed by atoms with E-state index in [1.54, 1.807) is 0 Å². The van der Waals surface area contributed by atoms with Crippen molar-refractivity contribution in [1.82, 2.24) is 14.9 Å². The molecule has 1 aliphatic rings. The maximum atomic E-state index is 11.9. The van der Waals surface area contributed by atoms with Crippen molar-refractivity contribution in [3.63, 3.8) is 0 Å². The Bertz CT molecular complexity index is 818. The van der Waals surface area contributed by atoms with E-state index in [0.29, 0.717) is 0 Å². The molecule has 6 N–H and O–H groups in total. The van der Waals surface area contributed by atoms with E-state index < -0.39 is 58.3 Å². The van der Waals surface area contributed by atoms with Crippen LogP contribution < -0.4 is 16.6 Å². The van der Waals surface area contributed by atoms with E-state index in [1.165, 1.54) is 0 Å². The molecule has 1 saturated heterocycles. The molecule has 4 atom stereocenters. The first-order valence-electron chi connectivity index (χ1n) is 7.26. The number of aliphatic hydroxyl groups is 3. The largest absolute Gasteiger partial charge is 0.394 e. The van der Waals surface area contributed by atoms with E-state index in [2.05, 4.69) is 5.32 Å². The molecule has 2 rings (SSSR count). The van der Waals surface area contributed by atoms with Crippen molar-refractivity contribution >= 4 is 10.1 Å². The number of aromatic nitrogens is 2. The summed E-state index contributed by atoms with van der Waals surface area (Å²) < 4.78 is 36.0. The molecule has 1 aromatic rings. The molecule has 1 aliphatic heterocycles. The Morgan fingerprint density at radius 2 is 1.96 bits per heavy atom. The topological polar surface area (TPSA) is 191 Å². The van der Waals surface area contributed by atoms with Crippen LogP contribution in [0.2, 0.25) is 0 Å². The molecule has 142 valence electrons. The summed E-state index contributed by atoms with van der Waals surface area (Å²) in [4.78, 5) is 25.7. The lowest BCUT2D eigenvalue weighted by Crippen LogP contribution is -2.39. The van der Waals surface area contributed by atoms with Gasteiger partial charge in [0, 0.05) is 24.8 Å². The lowest BCUT2D eigenvalue weighted by molar-refractivity contribution is -0.0551. The molecular formula is C12H19N3O9S. The third-order valence-electron chi connectivity index (χ3n) is 3.69. The Balaban J connectivity index is 2.18. The highest BCUT2D eigenvalue weighted by atomic mass is 32.2. The zero-order chi connectivity index (χ0) is 18.8. The van der Waals surface area contributed by atoms with Crippen molar-refractivity contribution in [2.24, 2.45) is 0 Å². The zero-order valence-corrected chi connectivity index (χ0v) is 13.7. The summed E-state index contributed by atoms with van der Waals surface area (Å²) in [7, 11) is -4.15. The van der Waals surface area contributed by atoms with Crippen molar-refractivity contribution in [2.75, 3.05) is 18.9 Å². The van der Waals surface area contributed by atoms with Crippen LogP contribution in [-0.2, 0) is 21.4 Å². The summed E-state index contributed by atoms with van der Waals surface area (Å²) in [5.41, 5.74) is -1.58. The van der Waals surface area contributed by atoms with E-state index >= 15 is 0 Å². The zero-order valence-electron chi connectivity index (χ0n) is 12.9. The summed E-state index contributed by atoms with van der Waals surface area (Å²) in [5.74, 6) is -0.556. The molecule has 1 unspecified atom stereocenters. The number of rotatable bonds is 7. The second-order valence-corrected chi connectivity index (χ2v) is 7.08. The fourth-order valence-corrected chi connectivity index (χ4v) is 2.78. The highest BCUT2D eigenvalue weighted by Gasteiger charge is 2.43. The average molecular weight is 381 g/mol. The van der Waals surface area contributed by atoms with Crippen molar-refractivity contribution in [3.8, 4) is 0 Å². The van der Waals surface area contributed by atoms with E-state index in [4.69, 9.17) is 14.4 Å². The Kier molecular flexibility index (Phi) is 6.10. The van der Waals surface area contributed by atoms with Gasteiger partial charge < -0.3 is 25.4 Å². The van der Waals surface area contributed by atoms with Crippen LogP contribution in [0.25, 0.3) is 0 Å². The lowest BCUT2D eigenvalue weighted by atomic mass is 10.1.